The summed E-state index contributed by atoms with van der Waals surface area (Å²) in [6.07, 6.45) is -9.28. The van der Waals surface area contributed by atoms with Gasteiger partial charge in [-0.2, -0.15) is 0 Å². The van der Waals surface area contributed by atoms with E-state index in [1.54, 1.807) is 0 Å². The molecule has 0 saturated carbocycles. The van der Waals surface area contributed by atoms with Crippen LogP contribution < -0.4 is 0 Å². The summed E-state index contributed by atoms with van der Waals surface area (Å²) < 4.78 is 15.4. The third-order valence-electron chi connectivity index (χ3n) is 3.83. The predicted octanol–water partition coefficient (Wildman–Crippen LogP) is -4.37. The summed E-state index contributed by atoms with van der Waals surface area (Å²) in [5.41, 5.74) is 0. The minimum Gasteiger partial charge on any atom is -0.391 e. The fourth-order valence-corrected chi connectivity index (χ4v) is 2.47. The molecular formula is C12H22O10. The van der Waals surface area contributed by atoms with E-state index in [1.807, 2.05) is 0 Å². The van der Waals surface area contributed by atoms with Crippen LogP contribution in [0.3, 0.4) is 0 Å². The van der Waals surface area contributed by atoms with Crippen LogP contribution in [0.25, 0.3) is 0 Å². The van der Waals surface area contributed by atoms with E-state index in [9.17, 15) is 30.6 Å². The Balaban J connectivity index is 1.89. The number of ether oxygens (including phenoxy) is 3. The molecule has 0 radical (unpaired) electrons. The lowest BCUT2D eigenvalue weighted by Gasteiger charge is -2.42. The maximum atomic E-state index is 9.86. The van der Waals surface area contributed by atoms with Crippen LogP contribution in [0, 0.1) is 0 Å². The molecule has 0 spiro atoms. The minimum absolute atomic E-state index is 0.0720. The minimum atomic E-state index is -2.31. The number of aliphatic hydroxyl groups excluding tert-OH is 6. The van der Waals surface area contributed by atoms with Crippen molar-refractivity contribution in [2.45, 2.75) is 55.1 Å². The second-order valence-corrected chi connectivity index (χ2v) is 5.57. The average molecular weight is 326 g/mol. The van der Waals surface area contributed by atoms with Crippen molar-refractivity contribution in [2.75, 3.05) is 19.8 Å². The molecule has 0 amide bonds. The smallest absolute Gasteiger partial charge is 0.218 e. The van der Waals surface area contributed by atoms with E-state index in [4.69, 9.17) is 19.3 Å². The van der Waals surface area contributed by atoms with Crippen molar-refractivity contribution in [2.24, 2.45) is 0 Å². The van der Waals surface area contributed by atoms with Crippen LogP contribution in [0.5, 0.6) is 0 Å². The second kappa shape index (κ2) is 7.01. The molecule has 2 heterocycles. The molecule has 7 N–H and O–H groups in total. The molecule has 2 aliphatic heterocycles. The van der Waals surface area contributed by atoms with Crippen molar-refractivity contribution in [1.82, 2.24) is 0 Å². The van der Waals surface area contributed by atoms with Crippen molar-refractivity contribution in [3.8, 4) is 0 Å². The monoisotopic (exact) mass is 326 g/mol. The molecule has 2 aliphatic rings. The first-order chi connectivity index (χ1) is 10.3. The highest BCUT2D eigenvalue weighted by molar-refractivity contribution is 4.90. The van der Waals surface area contributed by atoms with Crippen LogP contribution in [0.4, 0.5) is 0 Å². The zero-order chi connectivity index (χ0) is 16.5. The lowest BCUT2D eigenvalue weighted by Crippen LogP contribution is -2.61. The lowest BCUT2D eigenvalue weighted by molar-refractivity contribution is -0.345. The summed E-state index contributed by atoms with van der Waals surface area (Å²) in [4.78, 5) is 0. The molecule has 10 nitrogen and oxygen atoms in total. The molecule has 0 aromatic heterocycles. The average Bonchev–Trinajstić information content (AvgIpc) is 2.49. The zero-order valence-electron chi connectivity index (χ0n) is 11.7. The Kier molecular flexibility index (Phi) is 5.72. The van der Waals surface area contributed by atoms with E-state index >= 15 is 0 Å². The van der Waals surface area contributed by atoms with Gasteiger partial charge in [0.05, 0.1) is 32.0 Å². The Labute approximate surface area is 126 Å². The van der Waals surface area contributed by atoms with Crippen molar-refractivity contribution >= 4 is 0 Å². The lowest BCUT2D eigenvalue weighted by atomic mass is 9.95. The van der Waals surface area contributed by atoms with Gasteiger partial charge in [-0.15, -0.1) is 0 Å². The largest absolute Gasteiger partial charge is 0.391 e. The molecule has 2 saturated heterocycles. The van der Waals surface area contributed by atoms with Gasteiger partial charge in [-0.3, -0.25) is 0 Å². The summed E-state index contributed by atoms with van der Waals surface area (Å²) in [6, 6.07) is 0. The van der Waals surface area contributed by atoms with E-state index in [1.165, 1.54) is 0 Å². The summed E-state index contributed by atoms with van der Waals surface area (Å²) >= 11 is 0. The number of hydrogen-bond acceptors (Lipinski definition) is 10. The third kappa shape index (κ3) is 3.57. The molecule has 0 aromatic rings. The molecular weight excluding hydrogens is 304 g/mol. The standard InChI is InChI=1S/C12H22O10/c13-4-12(19)10(18)6(14)1-5(22-12)2-20-11-9(17)8(16)7(15)3-21-11/h5-11,13-19H,1-4H2/t5-,6-,7-,8+,9-,10-,11-,12?/m1/s1. The molecule has 130 valence electrons. The fraction of sp³-hybridized carbons (Fsp3) is 1.00. The van der Waals surface area contributed by atoms with Crippen LogP contribution in [-0.4, -0.2) is 104 Å². The van der Waals surface area contributed by atoms with Crippen molar-refractivity contribution in [3.63, 3.8) is 0 Å². The highest BCUT2D eigenvalue weighted by Gasteiger charge is 2.48. The Bertz CT molecular complexity index is 368. The third-order valence-corrected chi connectivity index (χ3v) is 3.83. The molecule has 2 rings (SSSR count). The van der Waals surface area contributed by atoms with Gasteiger partial charge in [0.1, 0.15) is 24.4 Å². The van der Waals surface area contributed by atoms with Gasteiger partial charge >= 0.3 is 0 Å². The van der Waals surface area contributed by atoms with Gasteiger partial charge in [0.15, 0.2) is 6.29 Å². The highest BCUT2D eigenvalue weighted by atomic mass is 16.7. The first kappa shape index (κ1) is 17.9. The Morgan fingerprint density at radius 2 is 1.73 bits per heavy atom. The first-order valence-corrected chi connectivity index (χ1v) is 6.93. The van der Waals surface area contributed by atoms with Crippen LogP contribution >= 0.6 is 0 Å². The maximum Gasteiger partial charge on any atom is 0.218 e. The highest BCUT2D eigenvalue weighted by Crippen LogP contribution is 2.28. The Hall–Kier alpha value is -0.400. The fourth-order valence-electron chi connectivity index (χ4n) is 2.47. The summed E-state index contributed by atoms with van der Waals surface area (Å²) in [5, 5.41) is 66.7. The normalized spacial score (nSPS) is 50.0. The summed E-state index contributed by atoms with van der Waals surface area (Å²) in [6.45, 7) is -1.39. The Morgan fingerprint density at radius 3 is 2.36 bits per heavy atom. The van der Waals surface area contributed by atoms with Crippen LogP contribution in [0.1, 0.15) is 6.42 Å². The quantitative estimate of drug-likeness (QED) is 0.268. The van der Waals surface area contributed by atoms with Crippen molar-refractivity contribution < 1.29 is 50.0 Å². The number of rotatable bonds is 4. The van der Waals surface area contributed by atoms with E-state index in [2.05, 4.69) is 0 Å². The second-order valence-electron chi connectivity index (χ2n) is 5.57. The molecule has 0 bridgehead atoms. The molecule has 22 heavy (non-hydrogen) atoms. The van der Waals surface area contributed by atoms with E-state index in [0.717, 1.165) is 0 Å². The zero-order valence-corrected chi connectivity index (χ0v) is 11.7. The molecule has 8 atom stereocenters. The van der Waals surface area contributed by atoms with E-state index in [-0.39, 0.29) is 19.6 Å². The van der Waals surface area contributed by atoms with E-state index in [0.29, 0.717) is 0 Å². The molecule has 0 aromatic carbocycles. The summed E-state index contributed by atoms with van der Waals surface area (Å²) in [7, 11) is 0. The van der Waals surface area contributed by atoms with E-state index < -0.39 is 55.3 Å². The number of hydrogen-bond donors (Lipinski definition) is 7. The molecule has 1 unspecified atom stereocenters. The predicted molar refractivity (Wildman–Crippen MR) is 67.3 cm³/mol. The van der Waals surface area contributed by atoms with Gasteiger partial charge in [-0.25, -0.2) is 0 Å². The SMILES string of the molecule is OCC1(O)O[C@@H](CO[C@@H]2OC[C@@H](O)[C@H](O)[C@H]2O)C[C@@H](O)[C@H]1O. The first-order valence-electron chi connectivity index (χ1n) is 6.93. The van der Waals surface area contributed by atoms with Crippen LogP contribution in [-0.2, 0) is 14.2 Å². The van der Waals surface area contributed by atoms with Gasteiger partial charge in [0.25, 0.3) is 0 Å². The van der Waals surface area contributed by atoms with Crippen LogP contribution in [0.15, 0.2) is 0 Å². The van der Waals surface area contributed by atoms with Crippen molar-refractivity contribution in [3.05, 3.63) is 0 Å². The topological polar surface area (TPSA) is 169 Å². The van der Waals surface area contributed by atoms with Crippen LogP contribution in [0.2, 0.25) is 0 Å². The van der Waals surface area contributed by atoms with Gasteiger partial charge in [-0.05, 0) is 0 Å². The van der Waals surface area contributed by atoms with Gasteiger partial charge in [0, 0.05) is 6.42 Å². The Morgan fingerprint density at radius 1 is 1.05 bits per heavy atom. The van der Waals surface area contributed by atoms with Gasteiger partial charge in [-0.1, -0.05) is 0 Å². The van der Waals surface area contributed by atoms with Gasteiger partial charge < -0.3 is 50.0 Å². The number of aliphatic hydroxyl groups is 7. The molecule has 10 heteroatoms. The van der Waals surface area contributed by atoms with Gasteiger partial charge in [0.2, 0.25) is 5.79 Å². The van der Waals surface area contributed by atoms with Crippen molar-refractivity contribution in [1.29, 1.82) is 0 Å². The molecule has 2 fully saturated rings. The summed E-state index contributed by atoms with van der Waals surface area (Å²) in [5.74, 6) is -2.31. The maximum absolute atomic E-state index is 9.86. The molecule has 0 aliphatic carbocycles.